The first kappa shape index (κ1) is 17.3. The zero-order chi connectivity index (χ0) is 17.8. The Hall–Kier alpha value is -2.51. The number of carbonyl (C=O) groups excluding carboxylic acids is 1. The molecule has 0 aliphatic carbocycles. The molecular weight excluding hydrogens is 318 g/mol. The molecule has 1 aromatic carbocycles. The van der Waals surface area contributed by atoms with Crippen molar-refractivity contribution in [3.8, 4) is 11.3 Å². The molecule has 2 atom stereocenters. The standard InChI is InChI=1S/C18H23N5O2/c1-13(24)16(19)17(25)22-9-11-23(12-10-22)18-20-8-7-15(21-18)14-5-3-2-4-6-14/h2-8,13,16,24H,9-12,19H2,1H3/t13-,16+/m1/s1. The van der Waals surface area contributed by atoms with Crippen LogP contribution in [0.1, 0.15) is 6.92 Å². The summed E-state index contributed by atoms with van der Waals surface area (Å²) in [6, 6.07) is 11.0. The first-order chi connectivity index (χ1) is 12.1. The Kier molecular flexibility index (Phi) is 5.25. The number of aliphatic hydroxyl groups excluding tert-OH is 1. The van der Waals surface area contributed by atoms with E-state index in [0.717, 1.165) is 11.3 Å². The molecule has 1 aromatic heterocycles. The van der Waals surface area contributed by atoms with E-state index in [-0.39, 0.29) is 5.91 Å². The average molecular weight is 341 g/mol. The highest BCUT2D eigenvalue weighted by molar-refractivity contribution is 5.82. The van der Waals surface area contributed by atoms with Gasteiger partial charge in [-0.1, -0.05) is 30.3 Å². The Morgan fingerprint density at radius 1 is 1.16 bits per heavy atom. The van der Waals surface area contributed by atoms with Crippen LogP contribution in [0.5, 0.6) is 0 Å². The van der Waals surface area contributed by atoms with E-state index in [0.29, 0.717) is 32.1 Å². The fourth-order valence-electron chi connectivity index (χ4n) is 2.81. The SMILES string of the molecule is C[C@@H](O)[C@H](N)C(=O)N1CCN(c2nccc(-c3ccccc3)n2)CC1. The number of carbonyl (C=O) groups is 1. The summed E-state index contributed by atoms with van der Waals surface area (Å²) in [5.74, 6) is 0.446. The quantitative estimate of drug-likeness (QED) is 0.841. The molecule has 0 saturated carbocycles. The second-order valence-corrected chi connectivity index (χ2v) is 6.19. The Labute approximate surface area is 147 Å². The van der Waals surface area contributed by atoms with Gasteiger partial charge in [0.25, 0.3) is 0 Å². The van der Waals surface area contributed by atoms with E-state index in [4.69, 9.17) is 5.73 Å². The first-order valence-electron chi connectivity index (χ1n) is 8.42. The molecular formula is C18H23N5O2. The lowest BCUT2D eigenvalue weighted by Crippen LogP contribution is -2.55. The maximum atomic E-state index is 12.2. The molecule has 7 heteroatoms. The molecule has 0 spiro atoms. The number of hydrogen-bond donors (Lipinski definition) is 2. The minimum Gasteiger partial charge on any atom is -0.391 e. The van der Waals surface area contributed by atoms with Gasteiger partial charge in [-0.3, -0.25) is 4.79 Å². The maximum Gasteiger partial charge on any atom is 0.242 e. The summed E-state index contributed by atoms with van der Waals surface area (Å²) < 4.78 is 0. The molecule has 132 valence electrons. The summed E-state index contributed by atoms with van der Waals surface area (Å²) in [5.41, 5.74) is 7.66. The number of aromatic nitrogens is 2. The van der Waals surface area contributed by atoms with Crippen molar-refractivity contribution in [2.45, 2.75) is 19.1 Å². The fraction of sp³-hybridized carbons (Fsp3) is 0.389. The zero-order valence-electron chi connectivity index (χ0n) is 14.2. The van der Waals surface area contributed by atoms with E-state index in [9.17, 15) is 9.90 Å². The van der Waals surface area contributed by atoms with Crippen molar-refractivity contribution in [1.29, 1.82) is 0 Å². The van der Waals surface area contributed by atoms with Crippen LogP contribution in [0.4, 0.5) is 5.95 Å². The third kappa shape index (κ3) is 3.94. The molecule has 3 N–H and O–H groups in total. The van der Waals surface area contributed by atoms with Gasteiger partial charge in [-0.05, 0) is 13.0 Å². The number of nitrogens with two attached hydrogens (primary N) is 1. The minimum atomic E-state index is -0.871. The van der Waals surface area contributed by atoms with Gasteiger partial charge in [0.05, 0.1) is 11.8 Å². The second-order valence-electron chi connectivity index (χ2n) is 6.19. The molecule has 2 heterocycles. The van der Waals surface area contributed by atoms with Gasteiger partial charge in [-0.15, -0.1) is 0 Å². The van der Waals surface area contributed by atoms with Crippen LogP contribution in [0, 0.1) is 0 Å². The van der Waals surface area contributed by atoms with Gasteiger partial charge >= 0.3 is 0 Å². The predicted octanol–water partition coefficient (Wildman–Crippen LogP) is 0.500. The summed E-state index contributed by atoms with van der Waals surface area (Å²) >= 11 is 0. The van der Waals surface area contributed by atoms with E-state index < -0.39 is 12.1 Å². The number of anilines is 1. The molecule has 7 nitrogen and oxygen atoms in total. The van der Waals surface area contributed by atoms with Crippen molar-refractivity contribution in [3.63, 3.8) is 0 Å². The highest BCUT2D eigenvalue weighted by Crippen LogP contribution is 2.19. The largest absolute Gasteiger partial charge is 0.391 e. The van der Waals surface area contributed by atoms with Gasteiger partial charge in [-0.25, -0.2) is 9.97 Å². The summed E-state index contributed by atoms with van der Waals surface area (Å²) in [4.78, 5) is 25.0. The maximum absolute atomic E-state index is 12.2. The van der Waals surface area contributed by atoms with Crippen LogP contribution < -0.4 is 10.6 Å². The monoisotopic (exact) mass is 341 g/mol. The fourth-order valence-corrected chi connectivity index (χ4v) is 2.81. The van der Waals surface area contributed by atoms with Crippen LogP contribution in [0.15, 0.2) is 42.6 Å². The van der Waals surface area contributed by atoms with Crippen molar-refractivity contribution in [2.75, 3.05) is 31.1 Å². The Bertz CT molecular complexity index is 714. The third-order valence-corrected chi connectivity index (χ3v) is 4.39. The number of nitrogens with zero attached hydrogens (tertiary/aromatic N) is 4. The van der Waals surface area contributed by atoms with E-state index in [1.54, 1.807) is 11.1 Å². The van der Waals surface area contributed by atoms with Gasteiger partial charge in [0.15, 0.2) is 0 Å². The molecule has 1 aliphatic heterocycles. The lowest BCUT2D eigenvalue weighted by molar-refractivity contribution is -0.135. The average Bonchev–Trinajstić information content (AvgIpc) is 2.67. The Morgan fingerprint density at radius 3 is 2.48 bits per heavy atom. The van der Waals surface area contributed by atoms with Gasteiger partial charge in [0.1, 0.15) is 6.04 Å². The first-order valence-corrected chi connectivity index (χ1v) is 8.42. The third-order valence-electron chi connectivity index (χ3n) is 4.39. The molecule has 25 heavy (non-hydrogen) atoms. The molecule has 0 bridgehead atoms. The van der Waals surface area contributed by atoms with Crippen molar-refractivity contribution >= 4 is 11.9 Å². The number of hydrogen-bond acceptors (Lipinski definition) is 6. The summed E-state index contributed by atoms with van der Waals surface area (Å²) in [6.45, 7) is 3.88. The van der Waals surface area contributed by atoms with Gasteiger partial charge in [-0.2, -0.15) is 0 Å². The lowest BCUT2D eigenvalue weighted by Gasteiger charge is -2.36. The molecule has 1 fully saturated rings. The number of piperazine rings is 1. The van der Waals surface area contributed by atoms with Crippen LogP contribution in [0.2, 0.25) is 0 Å². The molecule has 0 radical (unpaired) electrons. The van der Waals surface area contributed by atoms with Crippen LogP contribution in [-0.4, -0.2) is 64.2 Å². The highest BCUT2D eigenvalue weighted by Gasteiger charge is 2.28. The van der Waals surface area contributed by atoms with Gasteiger partial charge < -0.3 is 20.6 Å². The summed E-state index contributed by atoms with van der Waals surface area (Å²) in [5, 5.41) is 9.49. The van der Waals surface area contributed by atoms with Crippen molar-refractivity contribution in [2.24, 2.45) is 5.73 Å². The summed E-state index contributed by atoms with van der Waals surface area (Å²) in [7, 11) is 0. The number of amides is 1. The Balaban J connectivity index is 1.67. The van der Waals surface area contributed by atoms with Gasteiger partial charge in [0, 0.05) is 37.9 Å². The Morgan fingerprint density at radius 2 is 1.84 bits per heavy atom. The topological polar surface area (TPSA) is 95.6 Å². The molecule has 1 aliphatic rings. The van der Waals surface area contributed by atoms with Crippen LogP contribution in [0.3, 0.4) is 0 Å². The molecule has 1 amide bonds. The van der Waals surface area contributed by atoms with E-state index >= 15 is 0 Å². The highest BCUT2D eigenvalue weighted by atomic mass is 16.3. The molecule has 1 saturated heterocycles. The number of rotatable bonds is 4. The normalized spacial score (nSPS) is 17.2. The second kappa shape index (κ2) is 7.58. The number of benzene rings is 1. The van der Waals surface area contributed by atoms with Crippen molar-refractivity contribution in [1.82, 2.24) is 14.9 Å². The number of aliphatic hydroxyl groups is 1. The molecule has 3 rings (SSSR count). The predicted molar refractivity (Wildman–Crippen MR) is 95.9 cm³/mol. The molecule has 2 aromatic rings. The van der Waals surface area contributed by atoms with Crippen molar-refractivity contribution in [3.05, 3.63) is 42.6 Å². The van der Waals surface area contributed by atoms with E-state index in [1.807, 2.05) is 36.4 Å². The van der Waals surface area contributed by atoms with E-state index in [1.165, 1.54) is 6.92 Å². The lowest BCUT2D eigenvalue weighted by atomic mass is 10.1. The smallest absolute Gasteiger partial charge is 0.242 e. The van der Waals surface area contributed by atoms with E-state index in [2.05, 4.69) is 14.9 Å². The van der Waals surface area contributed by atoms with Crippen molar-refractivity contribution < 1.29 is 9.90 Å². The van der Waals surface area contributed by atoms with Crippen LogP contribution in [0.25, 0.3) is 11.3 Å². The summed E-state index contributed by atoms with van der Waals surface area (Å²) in [6.07, 6.45) is 0.905. The van der Waals surface area contributed by atoms with Crippen LogP contribution >= 0.6 is 0 Å². The zero-order valence-corrected chi connectivity index (χ0v) is 14.2. The minimum absolute atomic E-state index is 0.214. The van der Waals surface area contributed by atoms with Crippen LogP contribution in [-0.2, 0) is 4.79 Å². The molecule has 0 unspecified atom stereocenters. The van der Waals surface area contributed by atoms with Gasteiger partial charge in [0.2, 0.25) is 11.9 Å².